The molecule has 19 heavy (non-hydrogen) atoms. The standard InChI is InChI=1S/C14H27NO4/c1-3-5-7-15-9-10(15)14(19-8-6-4-2)13(18)12(17)11(9)16/h9-14,16-18H,3-8H2,1-2H3. The maximum Gasteiger partial charge on any atom is 0.110 e. The van der Waals surface area contributed by atoms with E-state index in [4.69, 9.17) is 4.74 Å². The molecule has 1 aliphatic carbocycles. The Morgan fingerprint density at radius 2 is 1.58 bits per heavy atom. The summed E-state index contributed by atoms with van der Waals surface area (Å²) in [7, 11) is 0. The maximum absolute atomic E-state index is 10.1. The second-order valence-electron chi connectivity index (χ2n) is 5.73. The Kier molecular flexibility index (Phi) is 5.20. The zero-order valence-electron chi connectivity index (χ0n) is 11.9. The molecule has 0 amide bonds. The van der Waals surface area contributed by atoms with Crippen molar-refractivity contribution in [3.63, 3.8) is 0 Å². The van der Waals surface area contributed by atoms with Crippen LogP contribution in [0.4, 0.5) is 0 Å². The lowest BCUT2D eigenvalue weighted by molar-refractivity contribution is -0.140. The van der Waals surface area contributed by atoms with Gasteiger partial charge < -0.3 is 20.1 Å². The SMILES string of the molecule is CCCCOC1C(O)C(O)C(O)C2C1N2CCCC. The molecule has 3 N–H and O–H groups in total. The number of unbranched alkanes of at least 4 members (excludes halogenated alkanes) is 2. The van der Waals surface area contributed by atoms with Gasteiger partial charge >= 0.3 is 0 Å². The summed E-state index contributed by atoms with van der Waals surface area (Å²) in [5.41, 5.74) is 0. The van der Waals surface area contributed by atoms with E-state index < -0.39 is 18.3 Å². The van der Waals surface area contributed by atoms with E-state index in [0.29, 0.717) is 6.61 Å². The van der Waals surface area contributed by atoms with Crippen LogP contribution in [0, 0.1) is 0 Å². The summed E-state index contributed by atoms with van der Waals surface area (Å²) in [4.78, 5) is 2.16. The monoisotopic (exact) mass is 273 g/mol. The number of hydrogen-bond acceptors (Lipinski definition) is 5. The molecule has 2 rings (SSSR count). The molecule has 0 bridgehead atoms. The van der Waals surface area contributed by atoms with Crippen LogP contribution in [0.5, 0.6) is 0 Å². The molecule has 1 aliphatic heterocycles. The lowest BCUT2D eigenvalue weighted by Gasteiger charge is -2.33. The van der Waals surface area contributed by atoms with Gasteiger partial charge in [0, 0.05) is 6.61 Å². The molecule has 1 saturated carbocycles. The molecule has 0 aromatic carbocycles. The van der Waals surface area contributed by atoms with Crippen molar-refractivity contribution in [3.05, 3.63) is 0 Å². The lowest BCUT2D eigenvalue weighted by atomic mass is 9.89. The van der Waals surface area contributed by atoms with Crippen molar-refractivity contribution < 1.29 is 20.1 Å². The van der Waals surface area contributed by atoms with Crippen molar-refractivity contribution in [3.8, 4) is 0 Å². The minimum atomic E-state index is -1.10. The highest BCUT2D eigenvalue weighted by Gasteiger charge is 2.64. The Hall–Kier alpha value is -0.200. The van der Waals surface area contributed by atoms with Gasteiger partial charge in [0.2, 0.25) is 0 Å². The van der Waals surface area contributed by atoms with E-state index in [1.54, 1.807) is 0 Å². The predicted octanol–water partition coefficient (Wildman–Crippen LogP) is 0.121. The van der Waals surface area contributed by atoms with Crippen LogP contribution in [0.2, 0.25) is 0 Å². The quantitative estimate of drug-likeness (QED) is 0.454. The highest BCUT2D eigenvalue weighted by atomic mass is 16.5. The Morgan fingerprint density at radius 3 is 2.21 bits per heavy atom. The molecule has 1 saturated heterocycles. The molecule has 7 atom stereocenters. The molecule has 7 unspecified atom stereocenters. The average molecular weight is 273 g/mol. The van der Waals surface area contributed by atoms with Crippen LogP contribution < -0.4 is 0 Å². The first-order valence-corrected chi connectivity index (χ1v) is 7.55. The molecule has 0 aromatic rings. The smallest absolute Gasteiger partial charge is 0.110 e. The van der Waals surface area contributed by atoms with Gasteiger partial charge in [-0.05, 0) is 19.4 Å². The van der Waals surface area contributed by atoms with Crippen molar-refractivity contribution in [2.75, 3.05) is 13.2 Å². The van der Waals surface area contributed by atoms with Gasteiger partial charge in [0.05, 0.1) is 18.2 Å². The number of hydrogen-bond donors (Lipinski definition) is 3. The first-order chi connectivity index (χ1) is 9.13. The molecule has 0 spiro atoms. The van der Waals surface area contributed by atoms with Crippen molar-refractivity contribution in [1.29, 1.82) is 0 Å². The van der Waals surface area contributed by atoms with Crippen LogP contribution in [0.1, 0.15) is 39.5 Å². The number of nitrogens with zero attached hydrogens (tertiary/aromatic N) is 1. The van der Waals surface area contributed by atoms with Gasteiger partial charge in [-0.2, -0.15) is 0 Å². The number of rotatable bonds is 7. The molecule has 2 fully saturated rings. The third kappa shape index (κ3) is 2.95. The van der Waals surface area contributed by atoms with Crippen molar-refractivity contribution >= 4 is 0 Å². The van der Waals surface area contributed by atoms with Gasteiger partial charge in [-0.1, -0.05) is 26.7 Å². The van der Waals surface area contributed by atoms with Gasteiger partial charge in [-0.25, -0.2) is 0 Å². The molecule has 1 heterocycles. The minimum Gasteiger partial charge on any atom is -0.389 e. The third-order valence-electron chi connectivity index (χ3n) is 4.33. The normalized spacial score (nSPS) is 45.0. The van der Waals surface area contributed by atoms with E-state index in [1.807, 2.05) is 0 Å². The largest absolute Gasteiger partial charge is 0.389 e. The third-order valence-corrected chi connectivity index (χ3v) is 4.33. The molecule has 5 heteroatoms. The fourth-order valence-corrected chi connectivity index (χ4v) is 3.10. The average Bonchev–Trinajstić information content (AvgIpc) is 3.12. The summed E-state index contributed by atoms with van der Waals surface area (Å²) >= 11 is 0. The Bertz CT molecular complexity index is 289. The van der Waals surface area contributed by atoms with Crippen LogP contribution in [0.25, 0.3) is 0 Å². The Labute approximate surface area is 115 Å². The maximum atomic E-state index is 10.1. The van der Waals surface area contributed by atoms with Crippen molar-refractivity contribution in [1.82, 2.24) is 4.90 Å². The van der Waals surface area contributed by atoms with E-state index in [9.17, 15) is 15.3 Å². The van der Waals surface area contributed by atoms with Gasteiger partial charge in [0.15, 0.2) is 0 Å². The molecule has 0 radical (unpaired) electrons. The Balaban J connectivity index is 1.96. The van der Waals surface area contributed by atoms with Crippen LogP contribution in [0.15, 0.2) is 0 Å². The summed E-state index contributed by atoms with van der Waals surface area (Å²) < 4.78 is 5.76. The van der Waals surface area contributed by atoms with E-state index >= 15 is 0 Å². The second-order valence-corrected chi connectivity index (χ2v) is 5.73. The molecule has 112 valence electrons. The zero-order valence-corrected chi connectivity index (χ0v) is 11.9. The lowest BCUT2D eigenvalue weighted by Crippen LogP contribution is -2.54. The zero-order chi connectivity index (χ0) is 14.0. The topological polar surface area (TPSA) is 72.9 Å². The van der Waals surface area contributed by atoms with Crippen molar-refractivity contribution in [2.24, 2.45) is 0 Å². The number of fused-ring (bicyclic) bond motifs is 1. The summed E-state index contributed by atoms with van der Waals surface area (Å²) in [6.07, 6.45) is 0.844. The summed E-state index contributed by atoms with van der Waals surface area (Å²) in [5, 5.41) is 30.0. The van der Waals surface area contributed by atoms with E-state index in [2.05, 4.69) is 18.7 Å². The number of ether oxygens (including phenoxy) is 1. The van der Waals surface area contributed by atoms with Crippen LogP contribution >= 0.6 is 0 Å². The molecule has 0 aromatic heterocycles. The van der Waals surface area contributed by atoms with E-state index in [1.165, 1.54) is 0 Å². The first-order valence-electron chi connectivity index (χ1n) is 7.55. The van der Waals surface area contributed by atoms with Crippen LogP contribution in [-0.2, 0) is 4.74 Å². The van der Waals surface area contributed by atoms with Gasteiger partial charge in [0.25, 0.3) is 0 Å². The fraction of sp³-hybridized carbons (Fsp3) is 1.00. The molecule has 2 aliphatic rings. The molecular formula is C14H27NO4. The van der Waals surface area contributed by atoms with E-state index in [-0.39, 0.29) is 18.2 Å². The molecule has 5 nitrogen and oxygen atoms in total. The van der Waals surface area contributed by atoms with Gasteiger partial charge in [-0.15, -0.1) is 0 Å². The van der Waals surface area contributed by atoms with Crippen LogP contribution in [-0.4, -0.2) is 69.9 Å². The number of aliphatic hydroxyl groups excluding tert-OH is 3. The summed E-state index contributed by atoms with van der Waals surface area (Å²) in [5.74, 6) is 0. The number of likely N-dealkylation sites (tertiary alicyclic amines) is 1. The number of aliphatic hydroxyl groups is 3. The predicted molar refractivity (Wildman–Crippen MR) is 71.9 cm³/mol. The fourth-order valence-electron chi connectivity index (χ4n) is 3.10. The van der Waals surface area contributed by atoms with E-state index in [0.717, 1.165) is 32.2 Å². The second kappa shape index (κ2) is 6.50. The summed E-state index contributed by atoms with van der Waals surface area (Å²) in [6, 6.07) is 0.0217. The van der Waals surface area contributed by atoms with Gasteiger partial charge in [0.1, 0.15) is 18.3 Å². The van der Waals surface area contributed by atoms with Crippen molar-refractivity contribution in [2.45, 2.75) is 76.0 Å². The summed E-state index contributed by atoms with van der Waals surface area (Å²) in [6.45, 7) is 5.72. The molecular weight excluding hydrogens is 246 g/mol. The van der Waals surface area contributed by atoms with Crippen LogP contribution in [0.3, 0.4) is 0 Å². The Morgan fingerprint density at radius 1 is 0.895 bits per heavy atom. The first kappa shape index (κ1) is 15.2. The highest BCUT2D eigenvalue weighted by Crippen LogP contribution is 2.42. The highest BCUT2D eigenvalue weighted by molar-refractivity contribution is 5.18. The van der Waals surface area contributed by atoms with Gasteiger partial charge in [-0.3, -0.25) is 4.90 Å². The minimum absolute atomic E-state index is 0.0448.